The van der Waals surface area contributed by atoms with E-state index in [2.05, 4.69) is 36.4 Å². The first-order valence-electron chi connectivity index (χ1n) is 10.4. The number of hydrogen-bond acceptors (Lipinski definition) is 8. The van der Waals surface area contributed by atoms with Gasteiger partial charge in [-0.3, -0.25) is 4.79 Å². The number of benzene rings is 3. The van der Waals surface area contributed by atoms with Gasteiger partial charge in [-0.2, -0.15) is 9.36 Å². The molecule has 0 aliphatic rings. The van der Waals surface area contributed by atoms with E-state index >= 15 is 0 Å². The highest BCUT2D eigenvalue weighted by Gasteiger charge is 2.15. The van der Waals surface area contributed by atoms with E-state index in [0.717, 1.165) is 16.3 Å². The van der Waals surface area contributed by atoms with Crippen LogP contribution < -0.4 is 5.32 Å². The number of aromatic nitrogens is 8. The molecule has 1 amide bonds. The standard InChI is InChI=1S/C23H19N9OS/c1-16-25-27-29-31(16)19-11-7-8-17(14-19)24-23(33)20-12-5-6-13-21(20)34-15-22-26-28-30-32(22)18-9-3-2-4-10-18/h2-14H,15H2,1H3,(H,24,33). The van der Waals surface area contributed by atoms with Gasteiger partial charge in [0.05, 0.1) is 22.7 Å². The van der Waals surface area contributed by atoms with Crippen molar-refractivity contribution in [2.75, 3.05) is 5.32 Å². The molecule has 3 aromatic carbocycles. The van der Waals surface area contributed by atoms with Crippen molar-refractivity contribution in [3.05, 3.63) is 96.1 Å². The number of aryl methyl sites for hydroxylation is 1. The van der Waals surface area contributed by atoms with Gasteiger partial charge in [-0.15, -0.1) is 22.0 Å². The lowest BCUT2D eigenvalue weighted by molar-refractivity contribution is 0.102. The van der Waals surface area contributed by atoms with E-state index in [-0.39, 0.29) is 5.91 Å². The smallest absolute Gasteiger partial charge is 0.256 e. The highest BCUT2D eigenvalue weighted by atomic mass is 32.2. The van der Waals surface area contributed by atoms with Crippen molar-refractivity contribution in [1.29, 1.82) is 0 Å². The average Bonchev–Trinajstić information content (AvgIpc) is 3.52. The SMILES string of the molecule is Cc1nnnn1-c1cccc(NC(=O)c2ccccc2SCc2nnnn2-c2ccccc2)c1. The molecule has 168 valence electrons. The summed E-state index contributed by atoms with van der Waals surface area (Å²) in [6, 6.07) is 24.5. The number of amides is 1. The normalized spacial score (nSPS) is 10.9. The van der Waals surface area contributed by atoms with Gasteiger partial charge >= 0.3 is 0 Å². The summed E-state index contributed by atoms with van der Waals surface area (Å²) < 4.78 is 3.30. The summed E-state index contributed by atoms with van der Waals surface area (Å²) >= 11 is 1.50. The van der Waals surface area contributed by atoms with Crippen LogP contribution in [0.2, 0.25) is 0 Å². The molecule has 2 aromatic heterocycles. The second-order valence-electron chi connectivity index (χ2n) is 7.27. The molecule has 34 heavy (non-hydrogen) atoms. The molecule has 0 saturated carbocycles. The van der Waals surface area contributed by atoms with Crippen LogP contribution in [0, 0.1) is 6.92 Å². The highest BCUT2D eigenvalue weighted by molar-refractivity contribution is 7.98. The third-order valence-corrected chi connectivity index (χ3v) is 6.07. The second-order valence-corrected chi connectivity index (χ2v) is 8.29. The number of nitrogens with zero attached hydrogens (tertiary/aromatic N) is 8. The van der Waals surface area contributed by atoms with Crippen LogP contribution in [-0.4, -0.2) is 46.3 Å². The van der Waals surface area contributed by atoms with Gasteiger partial charge in [0.2, 0.25) is 0 Å². The third-order valence-electron chi connectivity index (χ3n) is 5.00. The zero-order valence-electron chi connectivity index (χ0n) is 18.1. The summed E-state index contributed by atoms with van der Waals surface area (Å²) in [4.78, 5) is 14.0. The van der Waals surface area contributed by atoms with Gasteiger partial charge in [0.15, 0.2) is 11.6 Å². The molecule has 0 atom stereocenters. The molecular formula is C23H19N9OS. The molecule has 0 aliphatic heterocycles. The summed E-state index contributed by atoms with van der Waals surface area (Å²) in [6.45, 7) is 1.81. The highest BCUT2D eigenvalue weighted by Crippen LogP contribution is 2.27. The van der Waals surface area contributed by atoms with Crippen molar-refractivity contribution in [2.24, 2.45) is 0 Å². The first-order valence-corrected chi connectivity index (χ1v) is 11.4. The van der Waals surface area contributed by atoms with Gasteiger partial charge in [0.25, 0.3) is 5.91 Å². The quantitative estimate of drug-likeness (QED) is 0.360. The van der Waals surface area contributed by atoms with Crippen LogP contribution in [0.25, 0.3) is 11.4 Å². The van der Waals surface area contributed by atoms with Crippen LogP contribution in [0.1, 0.15) is 22.0 Å². The number of hydrogen-bond donors (Lipinski definition) is 1. The van der Waals surface area contributed by atoms with Crippen LogP contribution in [0.3, 0.4) is 0 Å². The molecule has 1 N–H and O–H groups in total. The van der Waals surface area contributed by atoms with Crippen molar-refractivity contribution in [3.63, 3.8) is 0 Å². The lowest BCUT2D eigenvalue weighted by Crippen LogP contribution is -2.13. The average molecular weight is 470 g/mol. The van der Waals surface area contributed by atoms with E-state index in [4.69, 9.17) is 0 Å². The number of carbonyl (C=O) groups is 1. The van der Waals surface area contributed by atoms with E-state index < -0.39 is 0 Å². The minimum Gasteiger partial charge on any atom is -0.322 e. The third kappa shape index (κ3) is 4.55. The van der Waals surface area contributed by atoms with Crippen LogP contribution in [0.15, 0.2) is 83.8 Å². The van der Waals surface area contributed by atoms with Gasteiger partial charge in [0.1, 0.15) is 0 Å². The van der Waals surface area contributed by atoms with E-state index in [9.17, 15) is 4.79 Å². The fourth-order valence-electron chi connectivity index (χ4n) is 3.37. The molecule has 0 unspecified atom stereocenters. The van der Waals surface area contributed by atoms with Gasteiger partial charge in [-0.25, -0.2) is 0 Å². The Bertz CT molecular complexity index is 1430. The van der Waals surface area contributed by atoms with Gasteiger partial charge < -0.3 is 5.32 Å². The van der Waals surface area contributed by atoms with Gasteiger partial charge in [-0.1, -0.05) is 36.4 Å². The monoisotopic (exact) mass is 469 g/mol. The van der Waals surface area contributed by atoms with Gasteiger partial charge in [-0.05, 0) is 70.2 Å². The fourth-order valence-corrected chi connectivity index (χ4v) is 4.33. The first kappa shape index (κ1) is 21.5. The zero-order valence-corrected chi connectivity index (χ0v) is 18.9. The lowest BCUT2D eigenvalue weighted by Gasteiger charge is -2.11. The maximum atomic E-state index is 13.1. The maximum Gasteiger partial charge on any atom is 0.256 e. The summed E-state index contributed by atoms with van der Waals surface area (Å²) in [5.41, 5.74) is 2.85. The Hall–Kier alpha value is -4.38. The van der Waals surface area contributed by atoms with Crippen molar-refractivity contribution in [2.45, 2.75) is 17.6 Å². The summed E-state index contributed by atoms with van der Waals surface area (Å²) in [5.74, 6) is 1.63. The lowest BCUT2D eigenvalue weighted by atomic mass is 10.2. The fraction of sp³-hybridized carbons (Fsp3) is 0.0870. The van der Waals surface area contributed by atoms with Crippen molar-refractivity contribution in [1.82, 2.24) is 40.4 Å². The Kier molecular flexibility index (Phi) is 6.08. The van der Waals surface area contributed by atoms with E-state index in [1.807, 2.05) is 79.7 Å². The number of anilines is 1. The van der Waals surface area contributed by atoms with E-state index in [1.54, 1.807) is 15.4 Å². The Morgan fingerprint density at radius 1 is 0.853 bits per heavy atom. The van der Waals surface area contributed by atoms with Gasteiger partial charge in [0, 0.05) is 10.6 Å². The molecule has 2 heterocycles. The van der Waals surface area contributed by atoms with E-state index in [0.29, 0.717) is 28.7 Å². The van der Waals surface area contributed by atoms with E-state index in [1.165, 1.54) is 11.8 Å². The Morgan fingerprint density at radius 2 is 1.59 bits per heavy atom. The minimum absolute atomic E-state index is 0.212. The number of thioether (sulfide) groups is 1. The molecule has 0 fully saturated rings. The van der Waals surface area contributed by atoms with Crippen LogP contribution in [0.4, 0.5) is 5.69 Å². The molecular weight excluding hydrogens is 450 g/mol. The molecule has 5 aromatic rings. The second kappa shape index (κ2) is 9.63. The summed E-state index contributed by atoms with van der Waals surface area (Å²) in [7, 11) is 0. The molecule has 10 nitrogen and oxygen atoms in total. The summed E-state index contributed by atoms with van der Waals surface area (Å²) in [6.07, 6.45) is 0. The first-order chi connectivity index (χ1) is 16.7. The minimum atomic E-state index is -0.212. The molecule has 0 spiro atoms. The zero-order chi connectivity index (χ0) is 23.3. The predicted octanol–water partition coefficient (Wildman–Crippen LogP) is 3.49. The number of rotatable bonds is 7. The van der Waals surface area contributed by atoms with Crippen LogP contribution in [0.5, 0.6) is 0 Å². The molecule has 5 rings (SSSR count). The number of tetrazole rings is 2. The predicted molar refractivity (Wildman–Crippen MR) is 127 cm³/mol. The maximum absolute atomic E-state index is 13.1. The summed E-state index contributed by atoms with van der Waals surface area (Å²) in [5, 5.41) is 26.6. The molecule has 0 bridgehead atoms. The molecule has 11 heteroatoms. The number of carbonyl (C=O) groups excluding carboxylic acids is 1. The largest absolute Gasteiger partial charge is 0.322 e. The Labute approximate surface area is 199 Å². The molecule has 0 saturated heterocycles. The number of para-hydroxylation sites is 1. The van der Waals surface area contributed by atoms with Crippen molar-refractivity contribution in [3.8, 4) is 11.4 Å². The Balaban J connectivity index is 1.33. The van der Waals surface area contributed by atoms with Crippen LogP contribution >= 0.6 is 11.8 Å². The molecule has 0 aliphatic carbocycles. The Morgan fingerprint density at radius 3 is 2.41 bits per heavy atom. The van der Waals surface area contributed by atoms with Crippen molar-refractivity contribution >= 4 is 23.4 Å². The van der Waals surface area contributed by atoms with Crippen LogP contribution in [-0.2, 0) is 5.75 Å². The topological polar surface area (TPSA) is 116 Å². The number of nitrogens with one attached hydrogen (secondary N) is 1. The molecule has 0 radical (unpaired) electrons. The van der Waals surface area contributed by atoms with Crippen molar-refractivity contribution < 1.29 is 4.79 Å².